The molecule has 0 aliphatic carbocycles. The van der Waals surface area contributed by atoms with E-state index in [4.69, 9.17) is 16.3 Å². The van der Waals surface area contributed by atoms with Gasteiger partial charge in [0.2, 0.25) is 0 Å². The molecule has 4 heteroatoms. The summed E-state index contributed by atoms with van der Waals surface area (Å²) in [6.07, 6.45) is 2.27. The first-order chi connectivity index (χ1) is 8.24. The van der Waals surface area contributed by atoms with Crippen LogP contribution in [0.4, 0.5) is 0 Å². The van der Waals surface area contributed by atoms with Crippen molar-refractivity contribution < 1.29 is 9.53 Å². The van der Waals surface area contributed by atoms with Crippen molar-refractivity contribution in [3.05, 3.63) is 47.1 Å². The molecule has 2 aromatic rings. The predicted molar refractivity (Wildman–Crippen MR) is 66.6 cm³/mol. The first-order valence-corrected chi connectivity index (χ1v) is 5.37. The van der Waals surface area contributed by atoms with Crippen molar-refractivity contribution in [3.8, 4) is 17.0 Å². The van der Waals surface area contributed by atoms with Crippen LogP contribution >= 0.6 is 11.6 Å². The van der Waals surface area contributed by atoms with Crippen LogP contribution in [-0.2, 0) is 0 Å². The smallest absolute Gasteiger partial charge is 0.151 e. The Labute approximate surface area is 104 Å². The fraction of sp³-hybridized carbons (Fsp3) is 0.0769. The number of carbonyl (C=O) groups excluding carboxylic acids is 1. The summed E-state index contributed by atoms with van der Waals surface area (Å²) in [5.74, 6) is 0.695. The van der Waals surface area contributed by atoms with E-state index in [-0.39, 0.29) is 0 Å². The summed E-state index contributed by atoms with van der Waals surface area (Å²) in [5.41, 5.74) is 2.06. The summed E-state index contributed by atoms with van der Waals surface area (Å²) < 4.78 is 5.24. The van der Waals surface area contributed by atoms with Gasteiger partial charge in [-0.2, -0.15) is 0 Å². The number of ether oxygens (including phenoxy) is 1. The van der Waals surface area contributed by atoms with Crippen molar-refractivity contribution in [1.82, 2.24) is 4.98 Å². The number of aromatic nitrogens is 1. The van der Waals surface area contributed by atoms with Crippen LogP contribution in [0.5, 0.6) is 5.75 Å². The van der Waals surface area contributed by atoms with Gasteiger partial charge in [0.05, 0.1) is 12.8 Å². The third-order valence-electron chi connectivity index (χ3n) is 2.36. The monoisotopic (exact) mass is 247 g/mol. The zero-order valence-corrected chi connectivity index (χ0v) is 9.94. The van der Waals surface area contributed by atoms with Crippen LogP contribution < -0.4 is 4.74 Å². The number of rotatable bonds is 3. The second-order valence-electron chi connectivity index (χ2n) is 3.44. The largest absolute Gasteiger partial charge is 0.496 e. The molecular weight excluding hydrogens is 238 g/mol. The molecule has 0 atom stereocenters. The fourth-order valence-electron chi connectivity index (χ4n) is 1.51. The Hall–Kier alpha value is -1.87. The quantitative estimate of drug-likeness (QED) is 0.782. The van der Waals surface area contributed by atoms with Gasteiger partial charge in [-0.05, 0) is 30.3 Å². The van der Waals surface area contributed by atoms with Crippen LogP contribution in [0.1, 0.15) is 10.4 Å². The maximum Gasteiger partial charge on any atom is 0.151 e. The lowest BCUT2D eigenvalue weighted by Crippen LogP contribution is -1.91. The van der Waals surface area contributed by atoms with Gasteiger partial charge >= 0.3 is 0 Å². The summed E-state index contributed by atoms with van der Waals surface area (Å²) in [6, 6.07) is 8.79. The van der Waals surface area contributed by atoms with Crippen molar-refractivity contribution >= 4 is 17.9 Å². The molecule has 0 aliphatic heterocycles. The lowest BCUT2D eigenvalue weighted by molar-refractivity contribution is 0.112. The SMILES string of the molecule is COc1ccc(Cl)cc1-c1ccc(C=O)cn1. The van der Waals surface area contributed by atoms with E-state index in [9.17, 15) is 4.79 Å². The predicted octanol–water partition coefficient (Wildman–Crippen LogP) is 3.22. The first-order valence-electron chi connectivity index (χ1n) is 4.99. The number of carbonyl (C=O) groups is 1. The van der Waals surface area contributed by atoms with E-state index in [1.54, 1.807) is 37.4 Å². The number of pyridine rings is 1. The van der Waals surface area contributed by atoms with Gasteiger partial charge in [-0.1, -0.05) is 11.6 Å². The molecule has 1 heterocycles. The van der Waals surface area contributed by atoms with Gasteiger partial charge in [0.1, 0.15) is 5.75 Å². The second kappa shape index (κ2) is 4.97. The van der Waals surface area contributed by atoms with Crippen LogP contribution in [0, 0.1) is 0 Å². The first kappa shape index (κ1) is 11.6. The summed E-state index contributed by atoms with van der Waals surface area (Å²) in [5, 5.41) is 0.613. The van der Waals surface area contributed by atoms with E-state index in [1.807, 2.05) is 0 Å². The van der Waals surface area contributed by atoms with E-state index >= 15 is 0 Å². The van der Waals surface area contributed by atoms with Gasteiger partial charge in [0.25, 0.3) is 0 Å². The lowest BCUT2D eigenvalue weighted by Gasteiger charge is -2.08. The molecule has 3 nitrogen and oxygen atoms in total. The maximum atomic E-state index is 10.5. The maximum absolute atomic E-state index is 10.5. The molecule has 17 heavy (non-hydrogen) atoms. The zero-order chi connectivity index (χ0) is 12.3. The Morgan fingerprint density at radius 2 is 2.12 bits per heavy atom. The average molecular weight is 248 g/mol. The van der Waals surface area contributed by atoms with Crippen LogP contribution in [0.25, 0.3) is 11.3 Å². The Morgan fingerprint density at radius 3 is 2.71 bits per heavy atom. The van der Waals surface area contributed by atoms with Crippen LogP contribution in [0.2, 0.25) is 5.02 Å². The number of hydrogen-bond acceptors (Lipinski definition) is 3. The Morgan fingerprint density at radius 1 is 1.29 bits per heavy atom. The molecule has 0 amide bonds. The lowest BCUT2D eigenvalue weighted by atomic mass is 10.1. The summed E-state index contributed by atoms with van der Waals surface area (Å²) in [6.45, 7) is 0. The van der Waals surface area contributed by atoms with Crippen LogP contribution in [-0.4, -0.2) is 18.4 Å². The highest BCUT2D eigenvalue weighted by molar-refractivity contribution is 6.30. The van der Waals surface area contributed by atoms with E-state index in [0.717, 1.165) is 17.5 Å². The van der Waals surface area contributed by atoms with Gasteiger partial charge in [-0.3, -0.25) is 9.78 Å². The summed E-state index contributed by atoms with van der Waals surface area (Å²) in [4.78, 5) is 14.7. The molecule has 0 unspecified atom stereocenters. The van der Waals surface area contributed by atoms with Crippen molar-refractivity contribution in [2.45, 2.75) is 0 Å². The zero-order valence-electron chi connectivity index (χ0n) is 9.18. The van der Waals surface area contributed by atoms with Crippen molar-refractivity contribution in [2.24, 2.45) is 0 Å². The normalized spacial score (nSPS) is 10.0. The molecule has 1 aromatic carbocycles. The Bertz CT molecular complexity index is 538. The highest BCUT2D eigenvalue weighted by Gasteiger charge is 2.07. The molecule has 0 saturated carbocycles. The molecule has 0 bridgehead atoms. The van der Waals surface area contributed by atoms with E-state index < -0.39 is 0 Å². The molecule has 0 fully saturated rings. The summed E-state index contributed by atoms with van der Waals surface area (Å²) >= 11 is 5.94. The molecule has 86 valence electrons. The van der Waals surface area contributed by atoms with Gasteiger partial charge in [-0.25, -0.2) is 0 Å². The number of aldehydes is 1. The highest BCUT2D eigenvalue weighted by atomic mass is 35.5. The molecule has 0 N–H and O–H groups in total. The van der Waals surface area contributed by atoms with Gasteiger partial charge < -0.3 is 4.74 Å². The van der Waals surface area contributed by atoms with Crippen molar-refractivity contribution in [2.75, 3.05) is 7.11 Å². The standard InChI is InChI=1S/C13H10ClNO2/c1-17-13-5-3-10(14)6-11(13)12-4-2-9(8-16)7-15-12/h2-8H,1H3. The summed E-state index contributed by atoms with van der Waals surface area (Å²) in [7, 11) is 1.59. The van der Waals surface area contributed by atoms with Crippen molar-refractivity contribution in [1.29, 1.82) is 0 Å². The Kier molecular flexibility index (Phi) is 3.40. The number of hydrogen-bond donors (Lipinski definition) is 0. The minimum absolute atomic E-state index is 0.537. The molecule has 1 aromatic heterocycles. The molecule has 2 rings (SSSR count). The van der Waals surface area contributed by atoms with E-state index in [1.165, 1.54) is 6.20 Å². The second-order valence-corrected chi connectivity index (χ2v) is 3.88. The Balaban J connectivity index is 2.50. The number of benzene rings is 1. The number of nitrogens with zero attached hydrogens (tertiary/aromatic N) is 1. The highest BCUT2D eigenvalue weighted by Crippen LogP contribution is 2.31. The topological polar surface area (TPSA) is 39.2 Å². The molecule has 0 aliphatic rings. The molecular formula is C13H10ClNO2. The van der Waals surface area contributed by atoms with E-state index in [0.29, 0.717) is 16.3 Å². The minimum atomic E-state index is 0.537. The third-order valence-corrected chi connectivity index (χ3v) is 2.60. The van der Waals surface area contributed by atoms with Crippen LogP contribution in [0.15, 0.2) is 36.5 Å². The van der Waals surface area contributed by atoms with Gasteiger partial charge in [0, 0.05) is 22.3 Å². The van der Waals surface area contributed by atoms with Crippen molar-refractivity contribution in [3.63, 3.8) is 0 Å². The van der Waals surface area contributed by atoms with Gasteiger partial charge in [0.15, 0.2) is 6.29 Å². The minimum Gasteiger partial charge on any atom is -0.496 e. The van der Waals surface area contributed by atoms with E-state index in [2.05, 4.69) is 4.98 Å². The molecule has 0 saturated heterocycles. The number of methoxy groups -OCH3 is 1. The molecule has 0 spiro atoms. The average Bonchev–Trinajstić information content (AvgIpc) is 2.39. The third kappa shape index (κ3) is 2.45. The molecule has 0 radical (unpaired) electrons. The fourth-order valence-corrected chi connectivity index (χ4v) is 1.69. The number of halogens is 1. The van der Waals surface area contributed by atoms with Crippen LogP contribution in [0.3, 0.4) is 0 Å². The van der Waals surface area contributed by atoms with Gasteiger partial charge in [-0.15, -0.1) is 0 Å².